The predicted molar refractivity (Wildman–Crippen MR) is 118 cm³/mol. The van der Waals surface area contributed by atoms with Gasteiger partial charge in [0.2, 0.25) is 11.9 Å². The molecule has 5 aromatic rings. The summed E-state index contributed by atoms with van der Waals surface area (Å²) in [7, 11) is 0. The Hall–Kier alpha value is -3.98. The second kappa shape index (κ2) is 6.78. The smallest absolute Gasteiger partial charge is 0.276 e. The van der Waals surface area contributed by atoms with Gasteiger partial charge in [0.1, 0.15) is 10.7 Å². The number of hydrogen-bond donors (Lipinski definition) is 2. The molecule has 0 saturated heterocycles. The minimum atomic E-state index is -0.330. The van der Waals surface area contributed by atoms with Crippen molar-refractivity contribution < 1.29 is 14.3 Å². The maximum atomic E-state index is 12.9. The highest BCUT2D eigenvalue weighted by atomic mass is 32.1. The number of aryl methyl sites for hydroxylation is 1. The van der Waals surface area contributed by atoms with Crippen LogP contribution in [-0.2, 0) is 0 Å². The third kappa shape index (κ3) is 2.98. The number of aromatic amines is 1. The highest BCUT2D eigenvalue weighted by Gasteiger charge is 2.18. The van der Waals surface area contributed by atoms with Gasteiger partial charge in [-0.25, -0.2) is 4.98 Å². The van der Waals surface area contributed by atoms with Gasteiger partial charge in [0.05, 0.1) is 11.2 Å². The maximum absolute atomic E-state index is 12.9. The van der Waals surface area contributed by atoms with Crippen LogP contribution in [0.1, 0.15) is 16.2 Å². The number of aromatic nitrogens is 4. The fraction of sp³-hybridized carbons (Fsp3) is 0.0909. The van der Waals surface area contributed by atoms with Crippen molar-refractivity contribution in [3.63, 3.8) is 0 Å². The Kier molecular flexibility index (Phi) is 3.90. The molecule has 0 saturated carbocycles. The number of ether oxygens (including phenoxy) is 2. The highest BCUT2D eigenvalue weighted by molar-refractivity contribution is 7.18. The monoisotopic (exact) mass is 429 g/mol. The molecule has 9 heteroatoms. The highest BCUT2D eigenvalue weighted by Crippen LogP contribution is 2.37. The van der Waals surface area contributed by atoms with Crippen LogP contribution in [0.5, 0.6) is 11.5 Å². The standard InChI is InChI=1S/C22H15N5O3S/c1-11-19-14(13-4-2-3-5-15(13)24-19)9-16(23-11)20(28)25-22-27-26-21(31-22)12-6-7-17-18(8-12)30-10-29-17/h2-9,24H,10H2,1H3,(H,25,27,28). The average molecular weight is 429 g/mol. The second-order valence-electron chi connectivity index (χ2n) is 7.12. The summed E-state index contributed by atoms with van der Waals surface area (Å²) < 4.78 is 10.7. The van der Waals surface area contributed by atoms with E-state index in [9.17, 15) is 4.79 Å². The van der Waals surface area contributed by atoms with E-state index in [0.29, 0.717) is 27.3 Å². The van der Waals surface area contributed by atoms with Crippen LogP contribution in [0.15, 0.2) is 48.5 Å². The lowest BCUT2D eigenvalue weighted by Gasteiger charge is -2.03. The molecule has 1 aliphatic heterocycles. The molecular formula is C22H15N5O3S. The fourth-order valence-corrected chi connectivity index (χ4v) is 4.44. The van der Waals surface area contributed by atoms with Crippen molar-refractivity contribution in [2.45, 2.75) is 6.92 Å². The normalized spacial score (nSPS) is 12.5. The molecule has 1 amide bonds. The van der Waals surface area contributed by atoms with Gasteiger partial charge >= 0.3 is 0 Å². The summed E-state index contributed by atoms with van der Waals surface area (Å²) >= 11 is 1.28. The Morgan fingerprint density at radius 1 is 1.06 bits per heavy atom. The summed E-state index contributed by atoms with van der Waals surface area (Å²) in [4.78, 5) is 20.7. The van der Waals surface area contributed by atoms with Crippen molar-refractivity contribution >= 4 is 44.2 Å². The molecule has 6 rings (SSSR count). The number of hydrogen-bond acceptors (Lipinski definition) is 7. The van der Waals surface area contributed by atoms with Gasteiger partial charge in [-0.1, -0.05) is 29.5 Å². The van der Waals surface area contributed by atoms with E-state index in [1.165, 1.54) is 11.3 Å². The van der Waals surface area contributed by atoms with Crippen LogP contribution in [0.3, 0.4) is 0 Å². The van der Waals surface area contributed by atoms with E-state index in [1.54, 1.807) is 6.07 Å². The Morgan fingerprint density at radius 3 is 2.87 bits per heavy atom. The van der Waals surface area contributed by atoms with Crippen LogP contribution in [0.4, 0.5) is 5.13 Å². The molecule has 8 nitrogen and oxygen atoms in total. The van der Waals surface area contributed by atoms with Gasteiger partial charge in [-0.2, -0.15) is 0 Å². The van der Waals surface area contributed by atoms with Crippen molar-refractivity contribution in [1.29, 1.82) is 0 Å². The number of benzene rings is 2. The van der Waals surface area contributed by atoms with E-state index in [1.807, 2.05) is 49.4 Å². The van der Waals surface area contributed by atoms with Gasteiger partial charge in [-0.05, 0) is 37.3 Å². The van der Waals surface area contributed by atoms with Crippen molar-refractivity contribution in [2.75, 3.05) is 12.1 Å². The number of carbonyl (C=O) groups excluding carboxylic acids is 1. The number of amides is 1. The molecule has 0 unspecified atom stereocenters. The number of para-hydroxylation sites is 1. The van der Waals surface area contributed by atoms with Gasteiger partial charge < -0.3 is 14.5 Å². The molecule has 1 aliphatic rings. The van der Waals surface area contributed by atoms with E-state index in [0.717, 1.165) is 33.1 Å². The van der Waals surface area contributed by atoms with Crippen LogP contribution < -0.4 is 14.8 Å². The number of rotatable bonds is 3. The number of carbonyl (C=O) groups is 1. The van der Waals surface area contributed by atoms with Gasteiger partial charge in [-0.3, -0.25) is 10.1 Å². The lowest BCUT2D eigenvalue weighted by atomic mass is 10.1. The summed E-state index contributed by atoms with van der Waals surface area (Å²) in [6, 6.07) is 15.4. The van der Waals surface area contributed by atoms with E-state index >= 15 is 0 Å². The lowest BCUT2D eigenvalue weighted by Crippen LogP contribution is -2.14. The van der Waals surface area contributed by atoms with E-state index < -0.39 is 0 Å². The first-order valence-corrected chi connectivity index (χ1v) is 10.4. The van der Waals surface area contributed by atoms with Crippen LogP contribution in [0, 0.1) is 6.92 Å². The van der Waals surface area contributed by atoms with Crippen molar-refractivity contribution in [1.82, 2.24) is 20.2 Å². The van der Waals surface area contributed by atoms with Gasteiger partial charge in [0.15, 0.2) is 11.5 Å². The Morgan fingerprint density at radius 2 is 1.94 bits per heavy atom. The summed E-state index contributed by atoms with van der Waals surface area (Å²) in [6.45, 7) is 2.10. The molecule has 0 aliphatic carbocycles. The Balaban J connectivity index is 1.30. The first-order chi connectivity index (χ1) is 15.2. The molecule has 3 aromatic heterocycles. The minimum absolute atomic E-state index is 0.212. The Bertz CT molecular complexity index is 1490. The van der Waals surface area contributed by atoms with Crippen molar-refractivity contribution in [3.05, 3.63) is 59.9 Å². The van der Waals surface area contributed by atoms with Gasteiger partial charge in [0, 0.05) is 21.9 Å². The zero-order valence-electron chi connectivity index (χ0n) is 16.3. The molecule has 152 valence electrons. The maximum Gasteiger partial charge on any atom is 0.276 e. The molecule has 2 N–H and O–H groups in total. The SMILES string of the molecule is Cc1nc(C(=O)Nc2nnc(-c3ccc4c(c3)OCO4)s2)cc2c1[nH]c1ccccc12. The Labute approximate surface area is 179 Å². The molecule has 0 bridgehead atoms. The average Bonchev–Trinajstić information content (AvgIpc) is 3.51. The molecule has 4 heterocycles. The molecule has 0 fully saturated rings. The topological polar surface area (TPSA) is 102 Å². The van der Waals surface area contributed by atoms with E-state index in [4.69, 9.17) is 9.47 Å². The van der Waals surface area contributed by atoms with Gasteiger partial charge in [-0.15, -0.1) is 10.2 Å². The molecule has 31 heavy (non-hydrogen) atoms. The van der Waals surface area contributed by atoms with Crippen LogP contribution >= 0.6 is 11.3 Å². The van der Waals surface area contributed by atoms with Crippen LogP contribution in [0.25, 0.3) is 32.4 Å². The number of pyridine rings is 1. The zero-order valence-corrected chi connectivity index (χ0v) is 17.1. The fourth-order valence-electron chi connectivity index (χ4n) is 3.70. The third-order valence-electron chi connectivity index (χ3n) is 5.17. The van der Waals surface area contributed by atoms with E-state index in [2.05, 4.69) is 25.5 Å². The number of anilines is 1. The molecule has 2 aromatic carbocycles. The third-order valence-corrected chi connectivity index (χ3v) is 6.06. The first-order valence-electron chi connectivity index (χ1n) is 9.59. The number of H-pyrrole nitrogens is 1. The van der Waals surface area contributed by atoms with Crippen LogP contribution in [-0.4, -0.2) is 32.9 Å². The van der Waals surface area contributed by atoms with Crippen molar-refractivity contribution in [3.8, 4) is 22.1 Å². The number of fused-ring (bicyclic) bond motifs is 4. The largest absolute Gasteiger partial charge is 0.454 e. The summed E-state index contributed by atoms with van der Waals surface area (Å²) in [5.41, 5.74) is 3.87. The second-order valence-corrected chi connectivity index (χ2v) is 8.10. The molecule has 0 atom stereocenters. The van der Waals surface area contributed by atoms with E-state index in [-0.39, 0.29) is 12.7 Å². The number of nitrogens with zero attached hydrogens (tertiary/aromatic N) is 3. The summed E-state index contributed by atoms with van der Waals surface area (Å²) in [6.07, 6.45) is 0. The predicted octanol–water partition coefficient (Wildman–Crippen LogP) is 4.52. The number of nitrogens with one attached hydrogen (secondary N) is 2. The quantitative estimate of drug-likeness (QED) is 0.437. The first kappa shape index (κ1) is 17.8. The van der Waals surface area contributed by atoms with Gasteiger partial charge in [0.25, 0.3) is 5.91 Å². The lowest BCUT2D eigenvalue weighted by molar-refractivity contribution is 0.102. The molecular weight excluding hydrogens is 414 g/mol. The summed E-state index contributed by atoms with van der Waals surface area (Å²) in [5.74, 6) is 1.05. The molecule has 0 radical (unpaired) electrons. The molecule has 0 spiro atoms. The van der Waals surface area contributed by atoms with Crippen LogP contribution in [0.2, 0.25) is 0 Å². The minimum Gasteiger partial charge on any atom is -0.454 e. The summed E-state index contributed by atoms with van der Waals surface area (Å²) in [5, 5.41) is 14.2. The zero-order chi connectivity index (χ0) is 20.9. The van der Waals surface area contributed by atoms with Crippen molar-refractivity contribution in [2.24, 2.45) is 0 Å².